The van der Waals surface area contributed by atoms with E-state index in [2.05, 4.69) is 15.8 Å². The summed E-state index contributed by atoms with van der Waals surface area (Å²) in [5.41, 5.74) is 5.08. The lowest BCUT2D eigenvalue weighted by atomic mass is 10.1. The third-order valence-electron chi connectivity index (χ3n) is 3.64. The maximum absolute atomic E-state index is 11.9. The number of carbonyl (C=O) groups excluding carboxylic acids is 2. The number of aryl methyl sites for hydroxylation is 1. The molecule has 2 rings (SSSR count). The first-order chi connectivity index (χ1) is 12.4. The number of nitrogens with zero attached hydrogens (tertiary/aromatic N) is 1. The highest BCUT2D eigenvalue weighted by Crippen LogP contribution is 2.27. The van der Waals surface area contributed by atoms with E-state index in [0.29, 0.717) is 22.9 Å². The summed E-state index contributed by atoms with van der Waals surface area (Å²) in [4.78, 5) is 23.8. The molecule has 0 aliphatic rings. The van der Waals surface area contributed by atoms with Crippen molar-refractivity contribution in [1.29, 1.82) is 0 Å². The summed E-state index contributed by atoms with van der Waals surface area (Å²) in [6, 6.07) is 12.4. The van der Waals surface area contributed by atoms with Gasteiger partial charge in [0.25, 0.3) is 0 Å². The molecule has 26 heavy (non-hydrogen) atoms. The summed E-state index contributed by atoms with van der Waals surface area (Å²) in [5.74, 6) is -0.517. The van der Waals surface area contributed by atoms with Crippen LogP contribution >= 0.6 is 0 Å². The highest BCUT2D eigenvalue weighted by molar-refractivity contribution is 6.39. The smallest absolute Gasteiger partial charge is 0.329 e. The third kappa shape index (κ3) is 4.83. The molecule has 0 aliphatic heterocycles. The summed E-state index contributed by atoms with van der Waals surface area (Å²) in [6.07, 6.45) is 0. The fourth-order valence-electron chi connectivity index (χ4n) is 2.14. The Morgan fingerprint density at radius 1 is 0.923 bits per heavy atom. The van der Waals surface area contributed by atoms with Gasteiger partial charge in [-0.25, -0.2) is 5.43 Å². The maximum atomic E-state index is 11.9. The minimum Gasteiger partial charge on any atom is -0.493 e. The lowest BCUT2D eigenvalue weighted by molar-refractivity contribution is -0.136. The van der Waals surface area contributed by atoms with Crippen molar-refractivity contribution < 1.29 is 19.1 Å². The van der Waals surface area contributed by atoms with Crippen molar-refractivity contribution >= 4 is 23.2 Å². The number of anilines is 1. The second-order valence-corrected chi connectivity index (χ2v) is 5.53. The Balaban J connectivity index is 2.02. The average molecular weight is 355 g/mol. The number of ether oxygens (including phenoxy) is 2. The first kappa shape index (κ1) is 19.0. The van der Waals surface area contributed by atoms with E-state index in [4.69, 9.17) is 9.47 Å². The molecule has 0 heterocycles. The molecule has 0 saturated heterocycles. The zero-order valence-electron chi connectivity index (χ0n) is 15.1. The van der Waals surface area contributed by atoms with Gasteiger partial charge in [-0.15, -0.1) is 0 Å². The predicted octanol–water partition coefficient (Wildman–Crippen LogP) is 2.49. The highest BCUT2D eigenvalue weighted by Gasteiger charge is 2.13. The van der Waals surface area contributed by atoms with E-state index < -0.39 is 11.8 Å². The van der Waals surface area contributed by atoms with Crippen LogP contribution in [0.4, 0.5) is 5.69 Å². The number of hydrogen-bond donors (Lipinski definition) is 2. The monoisotopic (exact) mass is 355 g/mol. The Morgan fingerprint density at radius 3 is 2.19 bits per heavy atom. The minimum absolute atomic E-state index is 0.516. The fraction of sp³-hybridized carbons (Fsp3) is 0.211. The normalized spacial score (nSPS) is 10.8. The van der Waals surface area contributed by atoms with Gasteiger partial charge >= 0.3 is 11.8 Å². The first-order valence-corrected chi connectivity index (χ1v) is 7.89. The van der Waals surface area contributed by atoms with Gasteiger partial charge in [0.1, 0.15) is 0 Å². The molecule has 0 fully saturated rings. The van der Waals surface area contributed by atoms with Gasteiger partial charge in [0.05, 0.1) is 19.9 Å². The van der Waals surface area contributed by atoms with Gasteiger partial charge in [-0.1, -0.05) is 17.7 Å². The number of amides is 2. The van der Waals surface area contributed by atoms with Crippen LogP contribution in [-0.2, 0) is 9.59 Å². The molecule has 136 valence electrons. The molecular formula is C19H21N3O4. The SMILES string of the molecule is COc1ccc(/C(C)=N\NC(=O)C(=O)Nc2ccc(C)cc2)cc1OC. The second-order valence-electron chi connectivity index (χ2n) is 5.53. The van der Waals surface area contributed by atoms with Gasteiger partial charge in [-0.3, -0.25) is 9.59 Å². The van der Waals surface area contributed by atoms with E-state index in [-0.39, 0.29) is 0 Å². The molecule has 0 spiro atoms. The van der Waals surface area contributed by atoms with E-state index >= 15 is 0 Å². The Labute approximate surface area is 152 Å². The summed E-state index contributed by atoms with van der Waals surface area (Å²) in [6.45, 7) is 3.64. The second kappa shape index (κ2) is 8.66. The third-order valence-corrected chi connectivity index (χ3v) is 3.64. The van der Waals surface area contributed by atoms with E-state index in [1.165, 1.54) is 7.11 Å². The molecule has 7 heteroatoms. The summed E-state index contributed by atoms with van der Waals surface area (Å²) in [7, 11) is 3.08. The van der Waals surface area contributed by atoms with Crippen molar-refractivity contribution in [2.24, 2.45) is 5.10 Å². The Kier molecular flexibility index (Phi) is 6.32. The maximum Gasteiger partial charge on any atom is 0.329 e. The van der Waals surface area contributed by atoms with Crippen LogP contribution in [0.1, 0.15) is 18.1 Å². The Morgan fingerprint density at radius 2 is 1.58 bits per heavy atom. The molecule has 0 aromatic heterocycles. The molecule has 0 saturated carbocycles. The Bertz CT molecular complexity index is 829. The van der Waals surface area contributed by atoms with Crippen LogP contribution < -0.4 is 20.2 Å². The van der Waals surface area contributed by atoms with Crippen molar-refractivity contribution in [3.05, 3.63) is 53.6 Å². The molecule has 0 atom stereocenters. The van der Waals surface area contributed by atoms with Gasteiger partial charge in [-0.05, 0) is 44.2 Å². The van der Waals surface area contributed by atoms with E-state index in [1.54, 1.807) is 44.4 Å². The molecule has 0 bridgehead atoms. The molecule has 0 radical (unpaired) electrons. The summed E-state index contributed by atoms with van der Waals surface area (Å²) < 4.78 is 10.4. The fourth-order valence-corrected chi connectivity index (χ4v) is 2.14. The standard InChI is InChI=1S/C19H21N3O4/c1-12-5-8-15(9-6-12)20-18(23)19(24)22-21-13(2)14-7-10-16(25-3)17(11-14)26-4/h5-11H,1-4H3,(H,20,23)(H,22,24)/b21-13-. The molecule has 2 N–H and O–H groups in total. The van der Waals surface area contributed by atoms with E-state index in [0.717, 1.165) is 11.1 Å². The Hall–Kier alpha value is -3.35. The lowest BCUT2D eigenvalue weighted by Gasteiger charge is -2.09. The van der Waals surface area contributed by atoms with Gasteiger partial charge < -0.3 is 14.8 Å². The first-order valence-electron chi connectivity index (χ1n) is 7.89. The molecular weight excluding hydrogens is 334 g/mol. The van der Waals surface area contributed by atoms with Crippen molar-refractivity contribution in [3.8, 4) is 11.5 Å². The quantitative estimate of drug-likeness (QED) is 0.490. The topological polar surface area (TPSA) is 89.0 Å². The molecule has 2 aromatic carbocycles. The largest absolute Gasteiger partial charge is 0.493 e. The van der Waals surface area contributed by atoms with Crippen molar-refractivity contribution in [3.63, 3.8) is 0 Å². The van der Waals surface area contributed by atoms with Gasteiger partial charge in [0, 0.05) is 11.3 Å². The zero-order chi connectivity index (χ0) is 19.1. The molecule has 2 aromatic rings. The number of rotatable bonds is 5. The summed E-state index contributed by atoms with van der Waals surface area (Å²) >= 11 is 0. The van der Waals surface area contributed by atoms with Gasteiger partial charge in [0.15, 0.2) is 11.5 Å². The van der Waals surface area contributed by atoms with Crippen LogP contribution in [0.15, 0.2) is 47.6 Å². The molecule has 0 aliphatic carbocycles. The van der Waals surface area contributed by atoms with E-state index in [9.17, 15) is 9.59 Å². The van der Waals surface area contributed by atoms with Crippen LogP contribution in [0.3, 0.4) is 0 Å². The van der Waals surface area contributed by atoms with Crippen molar-refractivity contribution in [2.75, 3.05) is 19.5 Å². The number of hydrazone groups is 1. The predicted molar refractivity (Wildman–Crippen MR) is 99.7 cm³/mol. The molecule has 2 amide bonds. The average Bonchev–Trinajstić information content (AvgIpc) is 2.66. The number of hydrogen-bond acceptors (Lipinski definition) is 5. The summed E-state index contributed by atoms with van der Waals surface area (Å²) in [5, 5.41) is 6.47. The van der Waals surface area contributed by atoms with Crippen LogP contribution in [0, 0.1) is 6.92 Å². The lowest BCUT2D eigenvalue weighted by Crippen LogP contribution is -2.32. The zero-order valence-corrected chi connectivity index (χ0v) is 15.1. The van der Waals surface area contributed by atoms with Crippen LogP contribution in [0.5, 0.6) is 11.5 Å². The number of benzene rings is 2. The minimum atomic E-state index is -0.856. The molecule has 7 nitrogen and oxygen atoms in total. The van der Waals surface area contributed by atoms with Crippen molar-refractivity contribution in [1.82, 2.24) is 5.43 Å². The number of nitrogens with one attached hydrogen (secondary N) is 2. The number of methoxy groups -OCH3 is 2. The van der Waals surface area contributed by atoms with Gasteiger partial charge in [0.2, 0.25) is 0 Å². The van der Waals surface area contributed by atoms with E-state index in [1.807, 2.05) is 19.1 Å². The van der Waals surface area contributed by atoms with Crippen molar-refractivity contribution in [2.45, 2.75) is 13.8 Å². The van der Waals surface area contributed by atoms with Crippen LogP contribution in [-0.4, -0.2) is 31.7 Å². The highest BCUT2D eigenvalue weighted by atomic mass is 16.5. The van der Waals surface area contributed by atoms with Crippen LogP contribution in [0.2, 0.25) is 0 Å². The van der Waals surface area contributed by atoms with Gasteiger partial charge in [-0.2, -0.15) is 5.10 Å². The van der Waals surface area contributed by atoms with Crippen LogP contribution in [0.25, 0.3) is 0 Å². The number of carbonyl (C=O) groups is 2. The molecule has 0 unspecified atom stereocenters.